The van der Waals surface area contributed by atoms with Gasteiger partial charge < -0.3 is 15.2 Å². The maximum absolute atomic E-state index is 10.2. The van der Waals surface area contributed by atoms with E-state index in [1.165, 1.54) is 0 Å². The Hall–Kier alpha value is -0.840. The van der Waals surface area contributed by atoms with Crippen LogP contribution in [-0.2, 0) is 4.74 Å². The molecule has 16 heavy (non-hydrogen) atoms. The smallest absolute Gasteiger partial charge is 0.126 e. The summed E-state index contributed by atoms with van der Waals surface area (Å²) < 4.78 is 5.34. The van der Waals surface area contributed by atoms with Crippen LogP contribution in [0.2, 0.25) is 5.02 Å². The monoisotopic (exact) mass is 242 g/mol. The van der Waals surface area contributed by atoms with Crippen molar-refractivity contribution in [3.05, 3.63) is 23.4 Å². The van der Waals surface area contributed by atoms with Crippen LogP contribution in [0.25, 0.3) is 0 Å². The molecule has 2 atom stereocenters. The van der Waals surface area contributed by atoms with E-state index in [1.54, 1.807) is 18.3 Å². The van der Waals surface area contributed by atoms with E-state index in [0.29, 0.717) is 30.4 Å². The zero-order valence-electron chi connectivity index (χ0n) is 9.11. The van der Waals surface area contributed by atoms with E-state index < -0.39 is 5.60 Å². The molecule has 0 bridgehead atoms. The van der Waals surface area contributed by atoms with Crippen molar-refractivity contribution in [2.45, 2.75) is 25.0 Å². The minimum absolute atomic E-state index is 0.146. The second-order valence-corrected chi connectivity index (χ2v) is 4.52. The molecule has 1 aromatic rings. The van der Waals surface area contributed by atoms with Crippen LogP contribution in [0.5, 0.6) is 0 Å². The molecule has 1 aromatic heterocycles. The summed E-state index contributed by atoms with van der Waals surface area (Å²) in [5.41, 5.74) is -0.804. The molecule has 0 amide bonds. The number of nitrogens with one attached hydrogen (secondary N) is 1. The summed E-state index contributed by atoms with van der Waals surface area (Å²) >= 11 is 5.73. The molecule has 0 aromatic carbocycles. The molecule has 0 spiro atoms. The third-order valence-corrected chi connectivity index (χ3v) is 3.19. The number of ether oxygens (including phenoxy) is 1. The van der Waals surface area contributed by atoms with Crippen LogP contribution < -0.4 is 5.32 Å². The highest BCUT2D eigenvalue weighted by Gasteiger charge is 2.39. The zero-order chi connectivity index (χ0) is 11.6. The van der Waals surface area contributed by atoms with Gasteiger partial charge in [-0.15, -0.1) is 0 Å². The Kier molecular flexibility index (Phi) is 3.33. The molecule has 5 heteroatoms. The Morgan fingerprint density at radius 3 is 3.06 bits per heavy atom. The molecular formula is C11H15ClN2O2. The van der Waals surface area contributed by atoms with E-state index in [0.717, 1.165) is 0 Å². The van der Waals surface area contributed by atoms with Gasteiger partial charge in [-0.2, -0.15) is 0 Å². The Balaban J connectivity index is 1.94. The number of nitrogens with zero attached hydrogens (tertiary/aromatic N) is 1. The van der Waals surface area contributed by atoms with E-state index in [-0.39, 0.29) is 6.10 Å². The lowest BCUT2D eigenvalue weighted by Gasteiger charge is -2.26. The first kappa shape index (κ1) is 11.6. The fourth-order valence-corrected chi connectivity index (χ4v) is 1.84. The van der Waals surface area contributed by atoms with Crippen molar-refractivity contribution < 1.29 is 9.84 Å². The van der Waals surface area contributed by atoms with Crippen LogP contribution >= 0.6 is 11.6 Å². The van der Waals surface area contributed by atoms with Crippen molar-refractivity contribution in [3.63, 3.8) is 0 Å². The molecule has 88 valence electrons. The minimum Gasteiger partial charge on any atom is -0.385 e. The number of halogens is 1. The lowest BCUT2D eigenvalue weighted by Crippen LogP contribution is -2.43. The van der Waals surface area contributed by atoms with Crippen molar-refractivity contribution in [2.75, 3.05) is 18.5 Å². The van der Waals surface area contributed by atoms with Crippen molar-refractivity contribution >= 4 is 17.4 Å². The first-order valence-corrected chi connectivity index (χ1v) is 5.67. The van der Waals surface area contributed by atoms with Gasteiger partial charge in [0.1, 0.15) is 11.4 Å². The van der Waals surface area contributed by atoms with Gasteiger partial charge in [-0.25, -0.2) is 4.98 Å². The average Bonchev–Trinajstić information content (AvgIpc) is 2.59. The fraction of sp³-hybridized carbons (Fsp3) is 0.545. The molecule has 0 saturated carbocycles. The highest BCUT2D eigenvalue weighted by molar-refractivity contribution is 6.30. The molecule has 2 heterocycles. The molecule has 2 rings (SSSR count). The first-order valence-electron chi connectivity index (χ1n) is 5.29. The van der Waals surface area contributed by atoms with Gasteiger partial charge in [0, 0.05) is 25.8 Å². The van der Waals surface area contributed by atoms with E-state index in [2.05, 4.69) is 10.3 Å². The molecule has 1 fully saturated rings. The predicted molar refractivity (Wildman–Crippen MR) is 62.7 cm³/mol. The van der Waals surface area contributed by atoms with Gasteiger partial charge in [-0.05, 0) is 19.1 Å². The Morgan fingerprint density at radius 1 is 1.69 bits per heavy atom. The zero-order valence-corrected chi connectivity index (χ0v) is 9.87. The van der Waals surface area contributed by atoms with Crippen LogP contribution in [0.1, 0.15) is 13.3 Å². The summed E-state index contributed by atoms with van der Waals surface area (Å²) in [6.07, 6.45) is 2.07. The summed E-state index contributed by atoms with van der Waals surface area (Å²) in [6.45, 7) is 2.92. The highest BCUT2D eigenvalue weighted by atomic mass is 35.5. The molecule has 4 nitrogen and oxygen atoms in total. The van der Waals surface area contributed by atoms with E-state index in [9.17, 15) is 5.11 Å². The van der Waals surface area contributed by atoms with Gasteiger partial charge >= 0.3 is 0 Å². The van der Waals surface area contributed by atoms with Gasteiger partial charge in [-0.3, -0.25) is 0 Å². The van der Waals surface area contributed by atoms with Crippen LogP contribution in [0.15, 0.2) is 18.3 Å². The summed E-state index contributed by atoms with van der Waals surface area (Å²) in [6, 6.07) is 3.54. The van der Waals surface area contributed by atoms with Gasteiger partial charge in [0.2, 0.25) is 0 Å². The summed E-state index contributed by atoms with van der Waals surface area (Å²) in [5.74, 6) is 0.705. The van der Waals surface area contributed by atoms with Crippen molar-refractivity contribution in [1.82, 2.24) is 4.98 Å². The van der Waals surface area contributed by atoms with Crippen LogP contribution in [0.3, 0.4) is 0 Å². The Labute approximate surface area is 99.6 Å². The standard InChI is InChI=1S/C11H15ClN2O2/c1-8-11(15,4-5-16-8)7-14-10-3-2-9(12)6-13-10/h2-3,6,8,15H,4-5,7H2,1H3,(H,13,14). The third-order valence-electron chi connectivity index (χ3n) is 2.96. The van der Waals surface area contributed by atoms with Crippen molar-refractivity contribution in [2.24, 2.45) is 0 Å². The normalized spacial score (nSPS) is 29.3. The molecule has 1 aliphatic heterocycles. The molecule has 1 aliphatic rings. The number of hydrogen-bond donors (Lipinski definition) is 2. The van der Waals surface area contributed by atoms with Crippen molar-refractivity contribution in [3.8, 4) is 0 Å². The molecule has 1 saturated heterocycles. The first-order chi connectivity index (χ1) is 7.60. The van der Waals surface area contributed by atoms with Gasteiger partial charge in [0.05, 0.1) is 11.1 Å². The minimum atomic E-state index is -0.804. The van der Waals surface area contributed by atoms with Crippen LogP contribution in [0.4, 0.5) is 5.82 Å². The van der Waals surface area contributed by atoms with Crippen LogP contribution in [-0.4, -0.2) is 34.9 Å². The number of aromatic nitrogens is 1. The van der Waals surface area contributed by atoms with E-state index >= 15 is 0 Å². The second kappa shape index (κ2) is 4.57. The maximum atomic E-state index is 10.2. The van der Waals surface area contributed by atoms with Gasteiger partial charge in [0.15, 0.2) is 0 Å². The number of anilines is 1. The summed E-state index contributed by atoms with van der Waals surface area (Å²) in [4.78, 5) is 4.10. The van der Waals surface area contributed by atoms with Gasteiger partial charge in [-0.1, -0.05) is 11.6 Å². The molecule has 2 unspecified atom stereocenters. The number of rotatable bonds is 3. The Bertz CT molecular complexity index is 358. The quantitative estimate of drug-likeness (QED) is 0.847. The Morgan fingerprint density at radius 2 is 2.50 bits per heavy atom. The molecule has 0 aliphatic carbocycles. The molecular weight excluding hydrogens is 228 g/mol. The molecule has 0 radical (unpaired) electrons. The number of aliphatic hydroxyl groups is 1. The predicted octanol–water partition coefficient (Wildman–Crippen LogP) is 1.69. The highest BCUT2D eigenvalue weighted by Crippen LogP contribution is 2.25. The lowest BCUT2D eigenvalue weighted by atomic mass is 9.97. The fourth-order valence-electron chi connectivity index (χ4n) is 1.73. The van der Waals surface area contributed by atoms with Crippen LogP contribution in [0, 0.1) is 0 Å². The van der Waals surface area contributed by atoms with Gasteiger partial charge in [0.25, 0.3) is 0 Å². The van der Waals surface area contributed by atoms with E-state index in [1.807, 2.05) is 6.92 Å². The third kappa shape index (κ3) is 2.45. The topological polar surface area (TPSA) is 54.4 Å². The van der Waals surface area contributed by atoms with Crippen molar-refractivity contribution in [1.29, 1.82) is 0 Å². The molecule has 2 N–H and O–H groups in total. The summed E-state index contributed by atoms with van der Waals surface area (Å²) in [5, 5.41) is 13.9. The maximum Gasteiger partial charge on any atom is 0.126 e. The lowest BCUT2D eigenvalue weighted by molar-refractivity contribution is -0.0176. The summed E-state index contributed by atoms with van der Waals surface area (Å²) in [7, 11) is 0. The van der Waals surface area contributed by atoms with E-state index in [4.69, 9.17) is 16.3 Å². The second-order valence-electron chi connectivity index (χ2n) is 4.08. The number of pyridine rings is 1. The average molecular weight is 243 g/mol. The largest absolute Gasteiger partial charge is 0.385 e. The SMILES string of the molecule is CC1OCCC1(O)CNc1ccc(Cl)cn1. The number of hydrogen-bond acceptors (Lipinski definition) is 4.